The Bertz CT molecular complexity index is 936. The molecule has 0 unspecified atom stereocenters. The molecule has 10 heteroatoms. The summed E-state index contributed by atoms with van der Waals surface area (Å²) in [5.41, 5.74) is 6.26. The van der Waals surface area contributed by atoms with Gasteiger partial charge in [-0.2, -0.15) is 10.6 Å². The lowest BCUT2D eigenvalue weighted by atomic mass is 10.0. The topological polar surface area (TPSA) is 123 Å². The molecule has 3 rings (SSSR count). The second kappa shape index (κ2) is 7.68. The molecule has 0 saturated carbocycles. The molecule has 0 spiro atoms. The number of rotatable bonds is 7. The number of hydrogen-bond donors (Lipinski definition) is 3. The van der Waals surface area contributed by atoms with E-state index in [-0.39, 0.29) is 5.75 Å². The van der Waals surface area contributed by atoms with Gasteiger partial charge in [0.05, 0.1) is 18.6 Å². The largest absolute Gasteiger partial charge is 0.481 e. The average molecular weight is 375 g/mol. The van der Waals surface area contributed by atoms with Gasteiger partial charge in [-0.25, -0.2) is 9.82 Å². The molecule has 9 nitrogen and oxygen atoms in total. The predicted octanol–water partition coefficient (Wildman–Crippen LogP) is 1.11. The minimum atomic E-state index is -0.910. The first kappa shape index (κ1) is 18.1. The predicted molar refractivity (Wildman–Crippen MR) is 95.7 cm³/mol. The van der Waals surface area contributed by atoms with Crippen LogP contribution in [0.15, 0.2) is 29.6 Å². The summed E-state index contributed by atoms with van der Waals surface area (Å²) in [6.45, 7) is 1.96. The van der Waals surface area contributed by atoms with E-state index in [1.165, 1.54) is 0 Å². The average Bonchev–Trinajstić information content (AvgIpc) is 3.19. The van der Waals surface area contributed by atoms with Gasteiger partial charge in [0.25, 0.3) is 0 Å². The molecule has 0 aliphatic carbocycles. The normalized spacial score (nSPS) is 11.0. The van der Waals surface area contributed by atoms with Crippen molar-refractivity contribution in [3.8, 4) is 22.5 Å². The van der Waals surface area contributed by atoms with E-state index in [0.717, 1.165) is 39.8 Å². The smallest absolute Gasteiger partial charge is 0.313 e. The van der Waals surface area contributed by atoms with Crippen molar-refractivity contribution in [2.75, 3.05) is 12.9 Å². The number of aliphatic carboxylic acids is 1. The van der Waals surface area contributed by atoms with Crippen molar-refractivity contribution in [1.29, 1.82) is 0 Å². The monoisotopic (exact) mass is 375 g/mol. The number of aryl methyl sites for hydroxylation is 2. The highest BCUT2D eigenvalue weighted by Crippen LogP contribution is 2.29. The standard InChI is InChI=1S/C16H18N6O3S/c1-9-13(7-22(2)20-9)10-4-11(6-12(5-10)21-25-3)15-17-16(19-18-15)26-8-14(23)24/h4-7,21H,8H2,1-3H3,(H,23,24)(H,17,18,19)/p+1. The van der Waals surface area contributed by atoms with Gasteiger partial charge < -0.3 is 5.11 Å². The summed E-state index contributed by atoms with van der Waals surface area (Å²) in [6, 6.07) is 5.92. The lowest BCUT2D eigenvalue weighted by Gasteiger charge is -2.05. The van der Waals surface area contributed by atoms with E-state index >= 15 is 0 Å². The molecule has 0 aliphatic rings. The zero-order chi connectivity index (χ0) is 18.7. The Hall–Kier alpha value is -2.69. The summed E-state index contributed by atoms with van der Waals surface area (Å²) >= 11 is 1.07. The van der Waals surface area contributed by atoms with Crippen LogP contribution in [0.3, 0.4) is 0 Å². The van der Waals surface area contributed by atoms with Gasteiger partial charge in [0.2, 0.25) is 5.16 Å². The molecule has 3 aromatic rings. The summed E-state index contributed by atoms with van der Waals surface area (Å²) < 4.78 is 1.77. The third kappa shape index (κ3) is 4.10. The number of nitrogens with zero attached hydrogens (tertiary/aromatic N) is 4. The second-order valence-corrected chi connectivity index (χ2v) is 6.59. The fraction of sp³-hybridized carbons (Fsp3) is 0.250. The molecular weight excluding hydrogens is 356 g/mol. The summed E-state index contributed by atoms with van der Waals surface area (Å²) in [7, 11) is 3.47. The Labute approximate surface area is 153 Å². The van der Waals surface area contributed by atoms with Crippen LogP contribution in [-0.2, 0) is 16.7 Å². The van der Waals surface area contributed by atoms with Crippen molar-refractivity contribution < 1.29 is 20.2 Å². The fourth-order valence-corrected chi connectivity index (χ4v) is 3.12. The number of hydrogen-bond acceptors (Lipinski definition) is 6. The summed E-state index contributed by atoms with van der Waals surface area (Å²) in [5, 5.41) is 20.5. The Balaban J connectivity index is 1.98. The molecule has 0 atom stereocenters. The number of carboxylic acid groups (broad SMARTS) is 1. The maximum Gasteiger partial charge on any atom is 0.313 e. The Morgan fingerprint density at radius 3 is 2.81 bits per heavy atom. The van der Waals surface area contributed by atoms with Crippen molar-refractivity contribution in [2.24, 2.45) is 7.05 Å². The molecule has 0 bridgehead atoms. The maximum atomic E-state index is 10.7. The van der Waals surface area contributed by atoms with E-state index in [9.17, 15) is 4.79 Å². The number of carbonyl (C=O) groups is 1. The van der Waals surface area contributed by atoms with E-state index in [4.69, 9.17) is 9.94 Å². The van der Waals surface area contributed by atoms with Gasteiger partial charge in [-0.05, 0) is 18.6 Å². The maximum absolute atomic E-state index is 10.7. The number of aromatic amines is 1. The number of quaternary nitrogens is 1. The summed E-state index contributed by atoms with van der Waals surface area (Å²) in [4.78, 5) is 20.2. The number of H-pyrrole nitrogens is 1. The molecule has 136 valence electrons. The van der Waals surface area contributed by atoms with Gasteiger partial charge >= 0.3 is 5.97 Å². The van der Waals surface area contributed by atoms with Crippen molar-refractivity contribution in [2.45, 2.75) is 12.1 Å². The van der Waals surface area contributed by atoms with Crippen LogP contribution in [0.5, 0.6) is 0 Å². The lowest BCUT2D eigenvalue weighted by molar-refractivity contribution is -0.830. The molecule has 0 aliphatic heterocycles. The van der Waals surface area contributed by atoms with Gasteiger partial charge in [-0.15, -0.1) is 5.10 Å². The molecule has 2 heterocycles. The number of aromatic nitrogens is 5. The van der Waals surface area contributed by atoms with Crippen molar-refractivity contribution in [3.05, 3.63) is 30.1 Å². The summed E-state index contributed by atoms with van der Waals surface area (Å²) in [6.07, 6.45) is 1.96. The lowest BCUT2D eigenvalue weighted by Crippen LogP contribution is -2.75. The van der Waals surface area contributed by atoms with Gasteiger partial charge in [0.1, 0.15) is 0 Å². The van der Waals surface area contributed by atoms with E-state index in [1.807, 2.05) is 38.4 Å². The Kier molecular flexibility index (Phi) is 5.35. The quantitative estimate of drug-likeness (QED) is 0.321. The van der Waals surface area contributed by atoms with Crippen LogP contribution in [0.25, 0.3) is 22.5 Å². The SMILES string of the molecule is CO[NH2+]c1cc(-c2nc(SCC(=O)O)n[nH]2)cc(-c2cn(C)nc2C)c1. The number of benzene rings is 1. The number of carboxylic acids is 1. The third-order valence-corrected chi connectivity index (χ3v) is 4.43. The van der Waals surface area contributed by atoms with Crippen molar-refractivity contribution in [3.63, 3.8) is 0 Å². The second-order valence-electron chi connectivity index (χ2n) is 5.65. The highest BCUT2D eigenvalue weighted by molar-refractivity contribution is 7.99. The Morgan fingerprint density at radius 2 is 2.15 bits per heavy atom. The first-order chi connectivity index (χ1) is 12.5. The van der Waals surface area contributed by atoms with E-state index in [1.54, 1.807) is 17.3 Å². The van der Waals surface area contributed by atoms with Crippen LogP contribution in [0, 0.1) is 6.92 Å². The van der Waals surface area contributed by atoms with Crippen molar-refractivity contribution >= 4 is 23.4 Å². The van der Waals surface area contributed by atoms with Gasteiger partial charge in [0, 0.05) is 36.5 Å². The molecule has 26 heavy (non-hydrogen) atoms. The zero-order valence-corrected chi connectivity index (χ0v) is 15.4. The van der Waals surface area contributed by atoms with Crippen LogP contribution in [0.4, 0.5) is 5.69 Å². The molecule has 0 saturated heterocycles. The van der Waals surface area contributed by atoms with Crippen molar-refractivity contribution in [1.82, 2.24) is 25.0 Å². The van der Waals surface area contributed by atoms with Gasteiger partial charge in [-0.3, -0.25) is 14.6 Å². The molecule has 0 amide bonds. The van der Waals surface area contributed by atoms with Gasteiger partial charge in [-0.1, -0.05) is 11.8 Å². The van der Waals surface area contributed by atoms with E-state index in [0.29, 0.717) is 11.0 Å². The minimum absolute atomic E-state index is 0.0884. The van der Waals surface area contributed by atoms with Crippen LogP contribution >= 0.6 is 11.8 Å². The fourth-order valence-electron chi connectivity index (χ4n) is 2.60. The molecule has 0 fully saturated rings. The molecule has 1 aromatic carbocycles. The Morgan fingerprint density at radius 1 is 1.38 bits per heavy atom. The highest BCUT2D eigenvalue weighted by Gasteiger charge is 2.14. The third-order valence-electron chi connectivity index (χ3n) is 3.60. The van der Waals surface area contributed by atoms with Crippen LogP contribution in [-0.4, -0.2) is 48.9 Å². The first-order valence-electron chi connectivity index (χ1n) is 7.75. The molecule has 4 N–H and O–H groups in total. The summed E-state index contributed by atoms with van der Waals surface area (Å²) in [5.74, 6) is -0.436. The highest BCUT2D eigenvalue weighted by atomic mass is 32.2. The van der Waals surface area contributed by atoms with Crippen LogP contribution < -0.4 is 5.48 Å². The van der Waals surface area contributed by atoms with Gasteiger partial charge in [0.15, 0.2) is 11.5 Å². The molecule has 2 aromatic heterocycles. The van der Waals surface area contributed by atoms with E-state index < -0.39 is 5.97 Å². The number of nitrogens with one attached hydrogen (secondary N) is 1. The number of thioether (sulfide) groups is 1. The number of nitrogens with two attached hydrogens (primary N) is 1. The van der Waals surface area contributed by atoms with E-state index in [2.05, 4.69) is 20.3 Å². The van der Waals surface area contributed by atoms with Crippen LogP contribution in [0.1, 0.15) is 5.69 Å². The zero-order valence-electron chi connectivity index (χ0n) is 14.6. The van der Waals surface area contributed by atoms with Crippen LogP contribution in [0.2, 0.25) is 0 Å². The minimum Gasteiger partial charge on any atom is -0.481 e. The molecular formula is C16H19N6O3S+. The molecule has 0 radical (unpaired) electrons. The first-order valence-corrected chi connectivity index (χ1v) is 8.74.